The molecule has 4 heteroatoms. The number of hydrogen-bond donors (Lipinski definition) is 1. The summed E-state index contributed by atoms with van der Waals surface area (Å²) in [4.78, 5) is 0. The van der Waals surface area contributed by atoms with Gasteiger partial charge in [0, 0.05) is 20.1 Å². The summed E-state index contributed by atoms with van der Waals surface area (Å²) < 4.78 is 4.95. The number of ether oxygens (including phenoxy) is 1. The highest BCUT2D eigenvalue weighted by molar-refractivity contribution is 6.42. The van der Waals surface area contributed by atoms with E-state index in [1.807, 2.05) is 12.1 Å². The first-order valence-corrected chi connectivity index (χ1v) is 5.86. The van der Waals surface area contributed by atoms with E-state index in [-0.39, 0.29) is 0 Å². The van der Waals surface area contributed by atoms with E-state index in [0.717, 1.165) is 5.56 Å². The molecular formula is C12H16Cl2O2. The van der Waals surface area contributed by atoms with Crippen LogP contribution in [0.3, 0.4) is 0 Å². The summed E-state index contributed by atoms with van der Waals surface area (Å²) in [7, 11) is 1.61. The maximum Gasteiger partial charge on any atom is 0.0682 e. The van der Waals surface area contributed by atoms with Gasteiger partial charge in [-0.1, -0.05) is 35.3 Å². The molecule has 0 spiro atoms. The fourth-order valence-corrected chi connectivity index (χ4v) is 1.89. The zero-order valence-corrected chi connectivity index (χ0v) is 11.0. The minimum atomic E-state index is -0.829. The van der Waals surface area contributed by atoms with Crippen molar-refractivity contribution < 1.29 is 9.84 Å². The van der Waals surface area contributed by atoms with Crippen molar-refractivity contribution in [3.05, 3.63) is 33.8 Å². The van der Waals surface area contributed by atoms with Gasteiger partial charge in [0.1, 0.15) is 0 Å². The molecule has 16 heavy (non-hydrogen) atoms. The Bertz CT molecular complexity index is 351. The summed E-state index contributed by atoms with van der Waals surface area (Å²) in [6.45, 7) is 2.29. The lowest BCUT2D eigenvalue weighted by molar-refractivity contribution is 0.0249. The van der Waals surface area contributed by atoms with Crippen LogP contribution >= 0.6 is 23.2 Å². The lowest BCUT2D eigenvalue weighted by atomic mass is 9.93. The van der Waals surface area contributed by atoms with E-state index in [1.165, 1.54) is 0 Å². The highest BCUT2D eigenvalue weighted by Crippen LogP contribution is 2.29. The first-order chi connectivity index (χ1) is 7.46. The molecule has 0 amide bonds. The standard InChI is InChI=1S/C12H16Cl2O2/c1-12(15,6-7-16-2)8-9-4-3-5-10(13)11(9)14/h3-5,15H,6-8H2,1-2H3. The van der Waals surface area contributed by atoms with Gasteiger partial charge in [0.25, 0.3) is 0 Å². The Morgan fingerprint density at radius 2 is 2.06 bits per heavy atom. The monoisotopic (exact) mass is 262 g/mol. The number of methoxy groups -OCH3 is 1. The van der Waals surface area contributed by atoms with E-state index < -0.39 is 5.60 Å². The number of benzene rings is 1. The summed E-state index contributed by atoms with van der Waals surface area (Å²) in [5.74, 6) is 0. The molecule has 0 bridgehead atoms. The third kappa shape index (κ3) is 3.95. The van der Waals surface area contributed by atoms with E-state index in [0.29, 0.717) is 29.5 Å². The smallest absolute Gasteiger partial charge is 0.0682 e. The Hall–Kier alpha value is -0.280. The molecule has 0 radical (unpaired) electrons. The SMILES string of the molecule is COCCC(C)(O)Cc1cccc(Cl)c1Cl. The Kier molecular flexibility index (Phi) is 5.06. The molecule has 1 aromatic rings. The minimum absolute atomic E-state index is 0.468. The third-order valence-corrected chi connectivity index (χ3v) is 3.31. The third-order valence-electron chi connectivity index (χ3n) is 2.45. The van der Waals surface area contributed by atoms with Gasteiger partial charge in [0.05, 0.1) is 15.6 Å². The fraction of sp³-hybridized carbons (Fsp3) is 0.500. The largest absolute Gasteiger partial charge is 0.390 e. The second-order valence-corrected chi connectivity index (χ2v) is 4.91. The molecule has 0 aliphatic carbocycles. The second-order valence-electron chi connectivity index (χ2n) is 4.13. The van der Waals surface area contributed by atoms with Crippen molar-refractivity contribution in [2.45, 2.75) is 25.4 Å². The van der Waals surface area contributed by atoms with Crippen molar-refractivity contribution >= 4 is 23.2 Å². The number of halogens is 2. The Balaban J connectivity index is 2.75. The molecule has 0 aliphatic heterocycles. The molecule has 90 valence electrons. The second kappa shape index (κ2) is 5.87. The van der Waals surface area contributed by atoms with E-state index in [4.69, 9.17) is 27.9 Å². The summed E-state index contributed by atoms with van der Waals surface area (Å²) in [5, 5.41) is 11.2. The van der Waals surface area contributed by atoms with Crippen LogP contribution in [0, 0.1) is 0 Å². The molecule has 1 atom stereocenters. The number of rotatable bonds is 5. The Labute approximate surface area is 106 Å². The van der Waals surface area contributed by atoms with Gasteiger partial charge in [-0.25, -0.2) is 0 Å². The molecule has 1 unspecified atom stereocenters. The van der Waals surface area contributed by atoms with Crippen molar-refractivity contribution in [2.24, 2.45) is 0 Å². The molecular weight excluding hydrogens is 247 g/mol. The quantitative estimate of drug-likeness (QED) is 0.883. The van der Waals surface area contributed by atoms with E-state index in [9.17, 15) is 5.11 Å². The highest BCUT2D eigenvalue weighted by Gasteiger charge is 2.22. The van der Waals surface area contributed by atoms with E-state index in [1.54, 1.807) is 20.1 Å². The van der Waals surface area contributed by atoms with Crippen molar-refractivity contribution in [3.8, 4) is 0 Å². The van der Waals surface area contributed by atoms with Gasteiger partial charge in [-0.05, 0) is 25.0 Å². The highest BCUT2D eigenvalue weighted by atomic mass is 35.5. The predicted molar refractivity (Wildman–Crippen MR) is 67.3 cm³/mol. The van der Waals surface area contributed by atoms with E-state index >= 15 is 0 Å². The first kappa shape index (κ1) is 13.8. The summed E-state index contributed by atoms with van der Waals surface area (Å²) in [6.07, 6.45) is 1.03. The molecule has 0 saturated heterocycles. The van der Waals surface area contributed by atoms with E-state index in [2.05, 4.69) is 0 Å². The zero-order valence-electron chi connectivity index (χ0n) is 9.46. The summed E-state index contributed by atoms with van der Waals surface area (Å²) in [6, 6.07) is 5.43. The molecule has 1 aromatic carbocycles. The van der Waals surface area contributed by atoms with Crippen LogP contribution in [0.5, 0.6) is 0 Å². The normalized spacial score (nSPS) is 14.8. The van der Waals surface area contributed by atoms with Crippen molar-refractivity contribution in [2.75, 3.05) is 13.7 Å². The lowest BCUT2D eigenvalue weighted by Crippen LogP contribution is -2.29. The fourth-order valence-electron chi connectivity index (χ4n) is 1.51. The Morgan fingerprint density at radius 3 is 2.69 bits per heavy atom. The van der Waals surface area contributed by atoms with Crippen LogP contribution < -0.4 is 0 Å². The molecule has 0 aliphatic rings. The zero-order chi connectivity index (χ0) is 12.2. The maximum atomic E-state index is 10.1. The first-order valence-electron chi connectivity index (χ1n) is 5.10. The van der Waals surface area contributed by atoms with Gasteiger partial charge < -0.3 is 9.84 Å². The van der Waals surface area contributed by atoms with Crippen LogP contribution in [0.25, 0.3) is 0 Å². The van der Waals surface area contributed by atoms with Gasteiger partial charge in [0.15, 0.2) is 0 Å². The molecule has 0 aromatic heterocycles. The van der Waals surface area contributed by atoms with Crippen LogP contribution in [0.2, 0.25) is 10.0 Å². The van der Waals surface area contributed by atoms with Crippen LogP contribution in [-0.4, -0.2) is 24.4 Å². The molecule has 0 fully saturated rings. The van der Waals surface area contributed by atoms with Crippen molar-refractivity contribution in [1.82, 2.24) is 0 Å². The van der Waals surface area contributed by atoms with Crippen molar-refractivity contribution in [3.63, 3.8) is 0 Å². The molecule has 0 saturated carbocycles. The van der Waals surface area contributed by atoms with Crippen LogP contribution in [0.15, 0.2) is 18.2 Å². The van der Waals surface area contributed by atoms with Crippen LogP contribution in [0.1, 0.15) is 18.9 Å². The molecule has 0 heterocycles. The maximum absolute atomic E-state index is 10.1. The lowest BCUT2D eigenvalue weighted by Gasteiger charge is -2.23. The minimum Gasteiger partial charge on any atom is -0.390 e. The molecule has 1 N–H and O–H groups in total. The molecule has 2 nitrogen and oxygen atoms in total. The number of hydrogen-bond acceptors (Lipinski definition) is 2. The summed E-state index contributed by atoms with van der Waals surface area (Å²) >= 11 is 12.0. The van der Waals surface area contributed by atoms with Gasteiger partial charge in [0.2, 0.25) is 0 Å². The van der Waals surface area contributed by atoms with Gasteiger partial charge >= 0.3 is 0 Å². The topological polar surface area (TPSA) is 29.5 Å². The predicted octanol–water partition coefficient (Wildman–Crippen LogP) is 3.32. The average Bonchev–Trinajstić information content (AvgIpc) is 2.22. The average molecular weight is 263 g/mol. The van der Waals surface area contributed by atoms with Gasteiger partial charge in [-0.15, -0.1) is 0 Å². The molecule has 1 rings (SSSR count). The van der Waals surface area contributed by atoms with Gasteiger partial charge in [-0.3, -0.25) is 0 Å². The van der Waals surface area contributed by atoms with Crippen molar-refractivity contribution in [1.29, 1.82) is 0 Å². The van der Waals surface area contributed by atoms with Crippen LogP contribution in [0.4, 0.5) is 0 Å². The number of aliphatic hydroxyl groups is 1. The van der Waals surface area contributed by atoms with Crippen LogP contribution in [-0.2, 0) is 11.2 Å². The van der Waals surface area contributed by atoms with Gasteiger partial charge in [-0.2, -0.15) is 0 Å². The Morgan fingerprint density at radius 1 is 1.38 bits per heavy atom. The summed E-state index contributed by atoms with van der Waals surface area (Å²) in [5.41, 5.74) is 0.0277.